The molecular formula is C19H20N2O6S2. The zero-order chi connectivity index (χ0) is 21.0. The third kappa shape index (κ3) is 4.70. The average molecular weight is 437 g/mol. The van der Waals surface area contributed by atoms with Gasteiger partial charge in [-0.25, -0.2) is 4.79 Å². The number of β-lactam (4-membered cyclic amide) rings is 1. The van der Waals surface area contributed by atoms with Gasteiger partial charge in [0.1, 0.15) is 30.3 Å². The molecule has 2 amide bonds. The van der Waals surface area contributed by atoms with Gasteiger partial charge in [-0.3, -0.25) is 19.3 Å². The molecule has 0 radical (unpaired) electrons. The van der Waals surface area contributed by atoms with Crippen molar-refractivity contribution in [1.82, 2.24) is 10.2 Å². The molecule has 1 fully saturated rings. The van der Waals surface area contributed by atoms with Gasteiger partial charge in [-0.2, -0.15) is 0 Å². The molecule has 1 saturated heterocycles. The van der Waals surface area contributed by atoms with Crippen LogP contribution in [-0.4, -0.2) is 59.0 Å². The number of thioether (sulfide) groups is 1. The summed E-state index contributed by atoms with van der Waals surface area (Å²) in [6, 6.07) is 2.99. The van der Waals surface area contributed by atoms with E-state index in [1.165, 1.54) is 41.0 Å². The number of amides is 2. The lowest BCUT2D eigenvalue weighted by Crippen LogP contribution is -2.70. The van der Waals surface area contributed by atoms with Crippen molar-refractivity contribution in [3.63, 3.8) is 0 Å². The van der Waals surface area contributed by atoms with E-state index in [4.69, 9.17) is 9.47 Å². The summed E-state index contributed by atoms with van der Waals surface area (Å²) in [6.07, 6.45) is 1.62. The first kappa shape index (κ1) is 21.1. The van der Waals surface area contributed by atoms with E-state index in [0.29, 0.717) is 11.3 Å². The average Bonchev–Trinajstić information content (AvgIpc) is 3.20. The normalized spacial score (nSPS) is 20.4. The van der Waals surface area contributed by atoms with Gasteiger partial charge >= 0.3 is 11.9 Å². The van der Waals surface area contributed by atoms with Crippen molar-refractivity contribution >= 4 is 46.9 Å². The summed E-state index contributed by atoms with van der Waals surface area (Å²) < 4.78 is 10.1. The molecule has 1 N–H and O–H groups in total. The van der Waals surface area contributed by atoms with Crippen LogP contribution >= 0.6 is 23.1 Å². The Morgan fingerprint density at radius 1 is 1.38 bits per heavy atom. The van der Waals surface area contributed by atoms with E-state index in [1.54, 1.807) is 0 Å². The van der Waals surface area contributed by atoms with Crippen molar-refractivity contribution in [2.75, 3.05) is 19.0 Å². The number of nitrogens with zero attached hydrogens (tertiary/aromatic N) is 1. The van der Waals surface area contributed by atoms with Crippen molar-refractivity contribution in [1.29, 1.82) is 0 Å². The van der Waals surface area contributed by atoms with Crippen LogP contribution < -0.4 is 5.32 Å². The summed E-state index contributed by atoms with van der Waals surface area (Å²) in [7, 11) is 0. The minimum Gasteiger partial charge on any atom is -0.461 e. The highest BCUT2D eigenvalue weighted by atomic mass is 32.2. The van der Waals surface area contributed by atoms with Gasteiger partial charge in [-0.15, -0.1) is 23.1 Å². The highest BCUT2D eigenvalue weighted by Crippen LogP contribution is 2.40. The molecule has 2 unspecified atom stereocenters. The molecule has 10 heteroatoms. The molecule has 154 valence electrons. The largest absolute Gasteiger partial charge is 0.461 e. The summed E-state index contributed by atoms with van der Waals surface area (Å²) in [5.41, 5.74) is 0.567. The molecule has 0 saturated carbocycles. The molecule has 0 aliphatic carbocycles. The number of hydrogen-bond acceptors (Lipinski definition) is 8. The number of rotatable bonds is 8. The van der Waals surface area contributed by atoms with Crippen molar-refractivity contribution in [2.45, 2.75) is 24.8 Å². The van der Waals surface area contributed by atoms with E-state index in [1.807, 2.05) is 17.5 Å². The molecule has 1 aromatic heterocycles. The number of hydrogen-bond donors (Lipinski definition) is 1. The molecule has 2 atom stereocenters. The minimum absolute atomic E-state index is 0.00992. The number of ether oxygens (including phenoxy) is 2. The number of carbonyl (C=O) groups is 4. The molecule has 2 aliphatic rings. The van der Waals surface area contributed by atoms with Crippen LogP contribution in [0.3, 0.4) is 0 Å². The van der Waals surface area contributed by atoms with Crippen LogP contribution in [0.15, 0.2) is 41.4 Å². The van der Waals surface area contributed by atoms with Crippen LogP contribution in [0.25, 0.3) is 0 Å². The molecule has 1 aromatic rings. The molecular weight excluding hydrogens is 416 g/mol. The Balaban J connectivity index is 1.73. The number of fused-ring (bicyclic) bond motifs is 1. The van der Waals surface area contributed by atoms with Gasteiger partial charge in [0.25, 0.3) is 5.91 Å². The Morgan fingerprint density at radius 3 is 2.83 bits per heavy atom. The van der Waals surface area contributed by atoms with Crippen molar-refractivity contribution in [3.8, 4) is 0 Å². The molecule has 8 nitrogen and oxygen atoms in total. The smallest absolute Gasteiger partial charge is 0.355 e. The van der Waals surface area contributed by atoms with Gasteiger partial charge in [0.2, 0.25) is 5.91 Å². The van der Waals surface area contributed by atoms with Gasteiger partial charge in [-0.1, -0.05) is 18.7 Å². The van der Waals surface area contributed by atoms with E-state index in [2.05, 4.69) is 11.9 Å². The summed E-state index contributed by atoms with van der Waals surface area (Å²) in [5, 5.41) is 4.22. The van der Waals surface area contributed by atoms with Gasteiger partial charge in [0.05, 0.1) is 6.42 Å². The fraction of sp³-hybridized carbons (Fsp3) is 0.368. The summed E-state index contributed by atoms with van der Waals surface area (Å²) in [4.78, 5) is 50.9. The third-order valence-electron chi connectivity index (χ3n) is 4.25. The quantitative estimate of drug-likeness (QED) is 0.372. The van der Waals surface area contributed by atoms with Crippen molar-refractivity contribution in [2.24, 2.45) is 0 Å². The third-order valence-corrected chi connectivity index (χ3v) is 6.47. The van der Waals surface area contributed by atoms with Gasteiger partial charge in [-0.05, 0) is 11.4 Å². The maximum atomic E-state index is 12.7. The van der Waals surface area contributed by atoms with Crippen LogP contribution in [0.1, 0.15) is 11.8 Å². The van der Waals surface area contributed by atoms with Gasteiger partial charge in [0.15, 0.2) is 0 Å². The second-order valence-corrected chi connectivity index (χ2v) is 8.47. The lowest BCUT2D eigenvalue weighted by atomic mass is 10.0. The number of thiophene rings is 1. The van der Waals surface area contributed by atoms with E-state index in [0.717, 1.165) is 4.88 Å². The molecule has 29 heavy (non-hydrogen) atoms. The predicted octanol–water partition coefficient (Wildman–Crippen LogP) is 1.24. The minimum atomic E-state index is -0.718. The Kier molecular flexibility index (Phi) is 6.75. The second kappa shape index (κ2) is 9.27. The van der Waals surface area contributed by atoms with Crippen LogP contribution in [-0.2, 0) is 35.1 Å². The van der Waals surface area contributed by atoms with E-state index in [9.17, 15) is 19.2 Å². The first-order valence-electron chi connectivity index (χ1n) is 8.82. The number of carbonyl (C=O) groups excluding carboxylic acids is 4. The fourth-order valence-corrected chi connectivity index (χ4v) is 5.00. The molecule has 2 aliphatic heterocycles. The van der Waals surface area contributed by atoms with Crippen molar-refractivity contribution < 1.29 is 28.7 Å². The molecule has 3 rings (SSSR count). The van der Waals surface area contributed by atoms with Crippen LogP contribution in [0.4, 0.5) is 0 Å². The van der Waals surface area contributed by atoms with Gasteiger partial charge in [0, 0.05) is 23.1 Å². The lowest BCUT2D eigenvalue weighted by molar-refractivity contribution is -0.152. The lowest BCUT2D eigenvalue weighted by Gasteiger charge is -2.49. The summed E-state index contributed by atoms with van der Waals surface area (Å²) in [5.74, 6) is -1.45. The number of nitrogens with one attached hydrogen (secondary N) is 1. The van der Waals surface area contributed by atoms with Crippen molar-refractivity contribution in [3.05, 3.63) is 46.3 Å². The topological polar surface area (TPSA) is 102 Å². The Hall–Kier alpha value is -2.59. The van der Waals surface area contributed by atoms with Gasteiger partial charge < -0.3 is 14.8 Å². The van der Waals surface area contributed by atoms with E-state index < -0.39 is 29.3 Å². The maximum Gasteiger partial charge on any atom is 0.355 e. The highest BCUT2D eigenvalue weighted by molar-refractivity contribution is 8.00. The van der Waals surface area contributed by atoms with Crippen LogP contribution in [0, 0.1) is 0 Å². The number of esters is 2. The molecule has 3 heterocycles. The zero-order valence-corrected chi connectivity index (χ0v) is 17.3. The van der Waals surface area contributed by atoms with Crippen LogP contribution in [0.5, 0.6) is 0 Å². The summed E-state index contributed by atoms with van der Waals surface area (Å²) >= 11 is 2.86. The zero-order valence-electron chi connectivity index (χ0n) is 15.7. The monoisotopic (exact) mass is 436 g/mol. The predicted molar refractivity (Wildman–Crippen MR) is 108 cm³/mol. The fourth-order valence-electron chi connectivity index (χ4n) is 2.97. The first-order chi connectivity index (χ1) is 13.9. The SMILES string of the molecule is C=CCOC(=O)C1=C(COC(C)=O)CSC2C(NC(=O)Cc3cccs3)C(=O)N12. The Morgan fingerprint density at radius 2 is 2.17 bits per heavy atom. The Bertz CT molecular complexity index is 864. The standard InChI is InChI=1S/C19H20N2O6S2/c1-3-6-26-19(25)16-12(9-27-11(2)22)10-29-18-15(17(24)21(16)18)20-14(23)8-13-5-4-7-28-13/h3-5,7,15,18H,1,6,8-10H2,2H3,(H,20,23). The maximum absolute atomic E-state index is 12.7. The Labute approximate surface area is 175 Å². The molecule has 0 bridgehead atoms. The second-order valence-electron chi connectivity index (χ2n) is 6.33. The highest BCUT2D eigenvalue weighted by Gasteiger charge is 2.54. The van der Waals surface area contributed by atoms with Crippen LogP contribution in [0.2, 0.25) is 0 Å². The van der Waals surface area contributed by atoms with E-state index >= 15 is 0 Å². The molecule has 0 aromatic carbocycles. The summed E-state index contributed by atoms with van der Waals surface area (Å²) in [6.45, 7) is 4.65. The molecule has 0 spiro atoms. The van der Waals surface area contributed by atoms with E-state index in [-0.39, 0.29) is 31.2 Å². The first-order valence-corrected chi connectivity index (χ1v) is 10.7.